The fraction of sp³-hybridized carbons (Fsp3) is 0.182. The third-order valence-corrected chi connectivity index (χ3v) is 5.21. The molecule has 0 unspecified atom stereocenters. The molecule has 0 radical (unpaired) electrons. The SMILES string of the molecule is CC(C)(C)c1ccc(-c2csc(NC(=O)c3cnc4ccccc4n3)n2)cc1. The topological polar surface area (TPSA) is 67.8 Å². The molecule has 5 nitrogen and oxygen atoms in total. The van der Waals surface area contributed by atoms with Crippen molar-refractivity contribution in [3.05, 3.63) is 71.4 Å². The molecule has 0 aliphatic heterocycles. The molecule has 0 aliphatic rings. The molecule has 6 heteroatoms. The summed E-state index contributed by atoms with van der Waals surface area (Å²) in [7, 11) is 0. The number of para-hydroxylation sites is 2. The first-order chi connectivity index (χ1) is 13.4. The van der Waals surface area contributed by atoms with Crippen molar-refractivity contribution in [1.82, 2.24) is 15.0 Å². The summed E-state index contributed by atoms with van der Waals surface area (Å²) in [6.07, 6.45) is 1.48. The van der Waals surface area contributed by atoms with Crippen LogP contribution in [0, 0.1) is 0 Å². The van der Waals surface area contributed by atoms with Gasteiger partial charge in [0.2, 0.25) is 0 Å². The fourth-order valence-corrected chi connectivity index (χ4v) is 3.55. The van der Waals surface area contributed by atoms with Gasteiger partial charge in [-0.15, -0.1) is 11.3 Å². The van der Waals surface area contributed by atoms with Crippen molar-refractivity contribution in [2.24, 2.45) is 0 Å². The summed E-state index contributed by atoms with van der Waals surface area (Å²) in [4.78, 5) is 25.7. The van der Waals surface area contributed by atoms with Gasteiger partial charge in [-0.25, -0.2) is 9.97 Å². The van der Waals surface area contributed by atoms with E-state index in [0.29, 0.717) is 10.6 Å². The quantitative estimate of drug-likeness (QED) is 0.517. The highest BCUT2D eigenvalue weighted by atomic mass is 32.1. The lowest BCUT2D eigenvalue weighted by atomic mass is 9.86. The molecule has 1 N–H and O–H groups in total. The first-order valence-electron chi connectivity index (χ1n) is 9.00. The Bertz CT molecular complexity index is 1140. The maximum Gasteiger partial charge on any atom is 0.277 e. The van der Waals surface area contributed by atoms with Gasteiger partial charge in [0.05, 0.1) is 22.9 Å². The average molecular weight is 388 g/mol. The number of hydrogen-bond acceptors (Lipinski definition) is 5. The second-order valence-corrected chi connectivity index (χ2v) is 8.42. The van der Waals surface area contributed by atoms with E-state index in [0.717, 1.165) is 16.8 Å². The Morgan fingerprint density at radius 2 is 1.68 bits per heavy atom. The van der Waals surface area contributed by atoms with Crippen LogP contribution in [0.15, 0.2) is 60.1 Å². The van der Waals surface area contributed by atoms with Crippen LogP contribution in [0.25, 0.3) is 22.3 Å². The van der Waals surface area contributed by atoms with Crippen molar-refractivity contribution < 1.29 is 4.79 Å². The maximum absolute atomic E-state index is 12.5. The van der Waals surface area contributed by atoms with Crippen LogP contribution in [0.2, 0.25) is 0 Å². The molecule has 28 heavy (non-hydrogen) atoms. The number of anilines is 1. The average Bonchev–Trinajstić information content (AvgIpc) is 3.15. The summed E-state index contributed by atoms with van der Waals surface area (Å²) in [6, 6.07) is 15.8. The van der Waals surface area contributed by atoms with E-state index in [9.17, 15) is 4.79 Å². The van der Waals surface area contributed by atoms with E-state index in [-0.39, 0.29) is 17.0 Å². The molecule has 2 heterocycles. The predicted octanol–water partition coefficient (Wildman–Crippen LogP) is 5.30. The summed E-state index contributed by atoms with van der Waals surface area (Å²) in [5, 5.41) is 5.29. The second kappa shape index (κ2) is 7.13. The molecular weight excluding hydrogens is 368 g/mol. The van der Waals surface area contributed by atoms with Crippen LogP contribution in [0.3, 0.4) is 0 Å². The van der Waals surface area contributed by atoms with Gasteiger partial charge in [-0.05, 0) is 23.1 Å². The lowest BCUT2D eigenvalue weighted by molar-refractivity contribution is 0.102. The minimum absolute atomic E-state index is 0.112. The summed E-state index contributed by atoms with van der Waals surface area (Å²) in [6.45, 7) is 6.57. The Kier molecular flexibility index (Phi) is 4.65. The van der Waals surface area contributed by atoms with Crippen LogP contribution in [0.5, 0.6) is 0 Å². The van der Waals surface area contributed by atoms with E-state index in [2.05, 4.69) is 65.3 Å². The third-order valence-electron chi connectivity index (χ3n) is 4.45. The fourth-order valence-electron chi connectivity index (χ4n) is 2.83. The Morgan fingerprint density at radius 1 is 0.964 bits per heavy atom. The number of carbonyl (C=O) groups is 1. The molecule has 4 rings (SSSR count). The number of rotatable bonds is 3. The van der Waals surface area contributed by atoms with E-state index >= 15 is 0 Å². The third kappa shape index (κ3) is 3.77. The zero-order chi connectivity index (χ0) is 19.7. The van der Waals surface area contributed by atoms with Crippen molar-refractivity contribution in [2.45, 2.75) is 26.2 Å². The first kappa shape index (κ1) is 18.3. The van der Waals surface area contributed by atoms with E-state index in [1.54, 1.807) is 0 Å². The van der Waals surface area contributed by atoms with E-state index in [4.69, 9.17) is 0 Å². The Morgan fingerprint density at radius 3 is 2.39 bits per heavy atom. The summed E-state index contributed by atoms with van der Waals surface area (Å²) >= 11 is 1.39. The lowest BCUT2D eigenvalue weighted by Gasteiger charge is -2.18. The van der Waals surface area contributed by atoms with Crippen LogP contribution in [-0.2, 0) is 5.41 Å². The van der Waals surface area contributed by atoms with E-state index < -0.39 is 0 Å². The number of carbonyl (C=O) groups excluding carboxylic acids is 1. The van der Waals surface area contributed by atoms with Gasteiger partial charge in [0.1, 0.15) is 5.69 Å². The highest BCUT2D eigenvalue weighted by molar-refractivity contribution is 7.14. The smallest absolute Gasteiger partial charge is 0.277 e. The van der Waals surface area contributed by atoms with Crippen LogP contribution < -0.4 is 5.32 Å². The highest BCUT2D eigenvalue weighted by Gasteiger charge is 2.15. The number of nitrogens with one attached hydrogen (secondary N) is 1. The van der Waals surface area contributed by atoms with Gasteiger partial charge in [-0.2, -0.15) is 0 Å². The summed E-state index contributed by atoms with van der Waals surface area (Å²) in [5.74, 6) is -0.317. The maximum atomic E-state index is 12.5. The van der Waals surface area contributed by atoms with Crippen LogP contribution >= 0.6 is 11.3 Å². The molecule has 140 valence electrons. The van der Waals surface area contributed by atoms with Gasteiger partial charge in [-0.1, -0.05) is 57.2 Å². The zero-order valence-electron chi connectivity index (χ0n) is 15.9. The molecule has 2 aromatic carbocycles. The number of amides is 1. The zero-order valence-corrected chi connectivity index (χ0v) is 16.7. The molecule has 0 atom stereocenters. The normalized spacial score (nSPS) is 11.5. The van der Waals surface area contributed by atoms with Crippen LogP contribution in [0.4, 0.5) is 5.13 Å². The number of aromatic nitrogens is 3. The number of fused-ring (bicyclic) bond motifs is 1. The molecule has 0 fully saturated rings. The van der Waals surface area contributed by atoms with Gasteiger partial charge < -0.3 is 0 Å². The van der Waals surface area contributed by atoms with E-state index in [1.807, 2.05) is 29.6 Å². The van der Waals surface area contributed by atoms with Gasteiger partial charge in [0, 0.05) is 10.9 Å². The van der Waals surface area contributed by atoms with Crippen molar-refractivity contribution in [3.8, 4) is 11.3 Å². The largest absolute Gasteiger partial charge is 0.296 e. The standard InChI is InChI=1S/C22H20N4OS/c1-22(2,3)15-10-8-14(9-11-15)19-13-28-21(25-19)26-20(27)18-12-23-16-6-4-5-7-17(16)24-18/h4-13H,1-3H3,(H,25,26,27). The summed E-state index contributed by atoms with van der Waals surface area (Å²) in [5.41, 5.74) is 4.96. The number of hydrogen-bond donors (Lipinski definition) is 1. The molecule has 0 saturated carbocycles. The molecule has 4 aromatic rings. The molecule has 2 aromatic heterocycles. The van der Waals surface area contributed by atoms with Crippen molar-refractivity contribution in [2.75, 3.05) is 5.32 Å². The minimum Gasteiger partial charge on any atom is -0.296 e. The van der Waals surface area contributed by atoms with Gasteiger partial charge in [0.15, 0.2) is 5.13 Å². The number of benzene rings is 2. The van der Waals surface area contributed by atoms with Crippen molar-refractivity contribution >= 4 is 33.4 Å². The van der Waals surface area contributed by atoms with Gasteiger partial charge in [0.25, 0.3) is 5.91 Å². The minimum atomic E-state index is -0.317. The van der Waals surface area contributed by atoms with Crippen molar-refractivity contribution in [3.63, 3.8) is 0 Å². The second-order valence-electron chi connectivity index (χ2n) is 7.56. The molecule has 0 bridgehead atoms. The lowest BCUT2D eigenvalue weighted by Crippen LogP contribution is -2.14. The Hall–Kier alpha value is -3.12. The highest BCUT2D eigenvalue weighted by Crippen LogP contribution is 2.28. The van der Waals surface area contributed by atoms with Crippen LogP contribution in [-0.4, -0.2) is 20.9 Å². The molecule has 1 amide bonds. The van der Waals surface area contributed by atoms with E-state index in [1.165, 1.54) is 23.1 Å². The Balaban J connectivity index is 1.51. The molecular formula is C22H20N4OS. The van der Waals surface area contributed by atoms with Crippen LogP contribution in [0.1, 0.15) is 36.8 Å². The molecule has 0 aliphatic carbocycles. The number of nitrogens with zero attached hydrogens (tertiary/aromatic N) is 3. The predicted molar refractivity (Wildman–Crippen MR) is 114 cm³/mol. The number of thiazole rings is 1. The molecule has 0 saturated heterocycles. The van der Waals surface area contributed by atoms with Gasteiger partial charge >= 0.3 is 0 Å². The molecule has 0 spiro atoms. The first-order valence-corrected chi connectivity index (χ1v) is 9.88. The summed E-state index contributed by atoms with van der Waals surface area (Å²) < 4.78 is 0. The van der Waals surface area contributed by atoms with Gasteiger partial charge in [-0.3, -0.25) is 15.1 Å². The Labute approximate surface area is 167 Å². The van der Waals surface area contributed by atoms with Crippen molar-refractivity contribution in [1.29, 1.82) is 0 Å². The monoisotopic (exact) mass is 388 g/mol.